The maximum atomic E-state index is 13.7. The number of carbonyl (C=O) groups excluding carboxylic acids is 15. The number of nitrogens with two attached hydrogens (primary N) is 5. The molecule has 0 aliphatic carbocycles. The summed E-state index contributed by atoms with van der Waals surface area (Å²) in [6.45, 7) is 0.648. The summed E-state index contributed by atoms with van der Waals surface area (Å²) in [4.78, 5) is 217. The zero-order valence-corrected chi connectivity index (χ0v) is 48.1. The lowest BCUT2D eigenvalue weighted by atomic mass is 10.1. The standard InChI is InChI=1S/C45H74N16O23S2/c1-15(63)32(42(80)51-11-30(70)52-25(14-86)45(83)84)59-36(74)19(4-6-26(47)66)54-38(76)22(9-28(49)68)56-44(82)34(17(3)65)61-41(79)24(12-62)58-40(78)21(8-27(48)67)55-39(77)23(10-29(50)69)57-43(81)33(16(2)64)60-37(75)20(5-7-31(71)72)53-35(73)18(46)13-85/h15-25,32-34,62-65,85-86H,4-14,46H2,1-3H3,(H2,47,66)(H2,48,67)(H2,49,68)(H2,50,69)(H,51,80)(H,52,70)(H,53,73)(H,54,76)(H,55,77)(H,56,82)(H,57,81)(H,58,78)(H,59,74)(H,60,75)(H,61,79)(H,71,72)(H,83,84)/t15-,16-,17-,18+,19+,20+,21+,22+,23+,24+,25+,32+,33+,34+/m1/s1. The van der Waals surface area contributed by atoms with Crippen molar-refractivity contribution in [1.82, 2.24) is 58.5 Å². The van der Waals surface area contributed by atoms with Crippen LogP contribution in [0.25, 0.3) is 0 Å². The lowest BCUT2D eigenvalue weighted by Gasteiger charge is -2.28. The number of nitrogens with one attached hydrogen (secondary N) is 11. The highest BCUT2D eigenvalue weighted by atomic mass is 32.1. The molecule has 41 heteroatoms. The van der Waals surface area contributed by atoms with E-state index in [2.05, 4.69) is 51.8 Å². The Labute approximate surface area is 498 Å². The first-order chi connectivity index (χ1) is 39.9. The second-order valence-corrected chi connectivity index (χ2v) is 19.6. The molecule has 0 aromatic carbocycles. The van der Waals surface area contributed by atoms with Crippen molar-refractivity contribution in [3.63, 3.8) is 0 Å². The Morgan fingerprint density at radius 1 is 0.395 bits per heavy atom. The lowest BCUT2D eigenvalue weighted by molar-refractivity contribution is -0.141. The Morgan fingerprint density at radius 3 is 1.05 bits per heavy atom. The van der Waals surface area contributed by atoms with Crippen LogP contribution in [0.1, 0.15) is 65.7 Å². The Balaban J connectivity index is 6.59. The minimum atomic E-state index is -2.19. The molecule has 0 spiro atoms. The smallest absolute Gasteiger partial charge is 0.327 e. The van der Waals surface area contributed by atoms with Crippen molar-refractivity contribution in [1.29, 1.82) is 0 Å². The molecular weight excluding hydrogens is 1200 g/mol. The van der Waals surface area contributed by atoms with E-state index in [9.17, 15) is 102 Å². The minimum Gasteiger partial charge on any atom is -0.481 e. The van der Waals surface area contributed by atoms with E-state index < -0.39 is 243 Å². The summed E-state index contributed by atoms with van der Waals surface area (Å²) in [5.74, 6) is -23.0. The molecule has 0 radical (unpaired) electrons. The molecule has 0 rings (SSSR count). The number of amides is 15. The average Bonchev–Trinajstić information content (AvgIpc) is 3.49. The molecule has 15 amide bonds. The number of aliphatic hydroxyl groups is 4. The second-order valence-electron chi connectivity index (χ2n) is 18.8. The zero-order chi connectivity index (χ0) is 66.5. The predicted molar refractivity (Wildman–Crippen MR) is 294 cm³/mol. The fourth-order valence-electron chi connectivity index (χ4n) is 6.90. The van der Waals surface area contributed by atoms with Gasteiger partial charge in [0.25, 0.3) is 0 Å². The summed E-state index contributed by atoms with van der Waals surface area (Å²) >= 11 is 7.67. The molecule has 0 aromatic heterocycles. The average molecular weight is 1270 g/mol. The van der Waals surface area contributed by atoms with Crippen LogP contribution in [-0.2, 0) is 81.5 Å². The first kappa shape index (κ1) is 77.5. The van der Waals surface area contributed by atoms with E-state index in [-0.39, 0.29) is 11.5 Å². The van der Waals surface area contributed by atoms with Gasteiger partial charge in [-0.15, -0.1) is 0 Å². The van der Waals surface area contributed by atoms with Gasteiger partial charge in [0.2, 0.25) is 88.6 Å². The van der Waals surface area contributed by atoms with Gasteiger partial charge in [-0.1, -0.05) is 0 Å². The van der Waals surface area contributed by atoms with Gasteiger partial charge in [-0.3, -0.25) is 76.7 Å². The SMILES string of the molecule is C[C@@H](O)[C@H](NC(=O)[C@H](CCC(N)=O)NC(=O)[C@H](CC(N)=O)NC(=O)[C@@H](NC(=O)[C@H](CO)NC(=O)[C@H](CC(N)=O)NC(=O)[C@H](CC(N)=O)NC(=O)[C@@H](NC(=O)[C@H](CCC(=O)O)NC(=O)[C@@H](N)CS)[C@@H](C)O)[C@@H](C)O)C(=O)NCC(=O)N[C@@H](CS)C(=O)O. The van der Waals surface area contributed by atoms with Gasteiger partial charge in [-0.05, 0) is 33.6 Å². The highest BCUT2D eigenvalue weighted by Crippen LogP contribution is 2.08. The normalized spacial score (nSPS) is 15.8. The Kier molecular flexibility index (Phi) is 34.6. The van der Waals surface area contributed by atoms with Crippen molar-refractivity contribution in [2.45, 2.75) is 150 Å². The van der Waals surface area contributed by atoms with Crippen LogP contribution in [0.15, 0.2) is 0 Å². The molecule has 0 aromatic rings. The van der Waals surface area contributed by atoms with Crippen LogP contribution < -0.4 is 87.2 Å². The molecule has 0 saturated heterocycles. The number of carbonyl (C=O) groups is 17. The van der Waals surface area contributed by atoms with Gasteiger partial charge < -0.3 is 118 Å². The number of rotatable bonds is 41. The third-order valence-electron chi connectivity index (χ3n) is 11.5. The van der Waals surface area contributed by atoms with Crippen LogP contribution in [0, 0.1) is 0 Å². The van der Waals surface area contributed by atoms with E-state index in [4.69, 9.17) is 38.9 Å². The van der Waals surface area contributed by atoms with Crippen molar-refractivity contribution in [2.24, 2.45) is 28.7 Å². The summed E-state index contributed by atoms with van der Waals surface area (Å²) in [5.41, 5.74) is 26.7. The molecule has 39 nitrogen and oxygen atoms in total. The van der Waals surface area contributed by atoms with Crippen LogP contribution in [0.2, 0.25) is 0 Å². The van der Waals surface area contributed by atoms with Gasteiger partial charge in [0.05, 0.1) is 56.8 Å². The molecule has 0 aliphatic heterocycles. The minimum absolute atomic E-state index is 0.214. The van der Waals surface area contributed by atoms with Crippen LogP contribution >= 0.6 is 25.3 Å². The van der Waals surface area contributed by atoms with E-state index in [1.165, 1.54) is 0 Å². The van der Waals surface area contributed by atoms with Gasteiger partial charge >= 0.3 is 11.9 Å². The van der Waals surface area contributed by atoms with Crippen molar-refractivity contribution in [2.75, 3.05) is 24.7 Å². The molecule has 27 N–H and O–H groups in total. The topological polar surface area (TPSA) is 674 Å². The lowest BCUT2D eigenvalue weighted by Crippen LogP contribution is -2.63. The van der Waals surface area contributed by atoms with Gasteiger partial charge in [0.1, 0.15) is 60.4 Å². The summed E-state index contributed by atoms with van der Waals surface area (Å²) in [7, 11) is 0. The van der Waals surface area contributed by atoms with Crippen LogP contribution in [0.3, 0.4) is 0 Å². The third-order valence-corrected chi connectivity index (χ3v) is 12.2. The highest BCUT2D eigenvalue weighted by Gasteiger charge is 2.39. The van der Waals surface area contributed by atoms with E-state index >= 15 is 0 Å². The molecule has 86 heavy (non-hydrogen) atoms. The van der Waals surface area contributed by atoms with E-state index in [0.29, 0.717) is 0 Å². The van der Waals surface area contributed by atoms with Crippen LogP contribution in [-0.4, -0.2) is 241 Å². The van der Waals surface area contributed by atoms with E-state index in [1.807, 2.05) is 31.9 Å². The Hall–Kier alpha value is -8.51. The largest absolute Gasteiger partial charge is 0.481 e. The van der Waals surface area contributed by atoms with Gasteiger partial charge in [0, 0.05) is 24.3 Å². The summed E-state index contributed by atoms with van der Waals surface area (Å²) in [6.07, 6.45) is -11.4. The number of aliphatic carboxylic acids is 2. The van der Waals surface area contributed by atoms with Crippen molar-refractivity contribution >= 4 is 126 Å². The zero-order valence-electron chi connectivity index (χ0n) is 46.3. The van der Waals surface area contributed by atoms with Gasteiger partial charge in [0.15, 0.2) is 0 Å². The molecule has 14 atom stereocenters. The molecule has 484 valence electrons. The van der Waals surface area contributed by atoms with Crippen molar-refractivity contribution in [3.8, 4) is 0 Å². The number of hydrogen-bond acceptors (Lipinski definition) is 24. The van der Waals surface area contributed by atoms with E-state index in [1.54, 1.807) is 0 Å². The fraction of sp³-hybridized carbons (Fsp3) is 0.622. The maximum absolute atomic E-state index is 13.7. The third kappa shape index (κ3) is 28.9. The quantitative estimate of drug-likeness (QED) is 0.0253. The summed E-state index contributed by atoms with van der Waals surface area (Å²) in [6, 6.07) is -21.0. The molecule has 0 saturated carbocycles. The summed E-state index contributed by atoms with van der Waals surface area (Å²) < 4.78 is 0. The van der Waals surface area contributed by atoms with Gasteiger partial charge in [-0.25, -0.2) is 4.79 Å². The number of carboxylic acid groups (broad SMARTS) is 2. The maximum Gasteiger partial charge on any atom is 0.327 e. The molecular formula is C45H74N16O23S2. The Bertz CT molecular complexity index is 2510. The monoisotopic (exact) mass is 1270 g/mol. The second kappa shape index (κ2) is 38.4. The number of thiol groups is 2. The molecule has 0 fully saturated rings. The highest BCUT2D eigenvalue weighted by molar-refractivity contribution is 7.80. The van der Waals surface area contributed by atoms with Crippen LogP contribution in [0.4, 0.5) is 0 Å². The molecule has 0 aliphatic rings. The van der Waals surface area contributed by atoms with E-state index in [0.717, 1.165) is 20.8 Å². The fourth-order valence-corrected chi connectivity index (χ4v) is 7.32. The first-order valence-corrected chi connectivity index (χ1v) is 26.7. The van der Waals surface area contributed by atoms with Crippen molar-refractivity contribution < 1.29 is 112 Å². The number of primary amides is 4. The molecule has 0 heterocycles. The molecule has 0 unspecified atom stereocenters. The Morgan fingerprint density at radius 2 is 0.721 bits per heavy atom. The number of carboxylic acids is 2. The first-order valence-electron chi connectivity index (χ1n) is 25.4. The number of aliphatic hydroxyl groups excluding tert-OH is 4. The van der Waals surface area contributed by atoms with Crippen molar-refractivity contribution in [3.05, 3.63) is 0 Å². The molecule has 0 bridgehead atoms. The van der Waals surface area contributed by atoms with Gasteiger partial charge in [-0.2, -0.15) is 25.3 Å². The van der Waals surface area contributed by atoms with Crippen LogP contribution in [0.5, 0.6) is 0 Å². The predicted octanol–water partition coefficient (Wildman–Crippen LogP) is -13.9. The number of hydrogen-bond donors (Lipinski definition) is 24. The summed E-state index contributed by atoms with van der Waals surface area (Å²) in [5, 5.41) is 82.2.